The summed E-state index contributed by atoms with van der Waals surface area (Å²) in [6, 6.07) is 0.304. The predicted molar refractivity (Wildman–Crippen MR) is 46.5 cm³/mol. The number of halogens is 9. The van der Waals surface area contributed by atoms with Gasteiger partial charge in [0, 0.05) is 18.2 Å². The summed E-state index contributed by atoms with van der Waals surface area (Å²) in [5.74, 6) is -4.12. The van der Waals surface area contributed by atoms with Crippen LogP contribution in [0.2, 0.25) is 0 Å². The van der Waals surface area contributed by atoms with Gasteiger partial charge in [0.1, 0.15) is 17.2 Å². The Kier molecular flexibility index (Phi) is 4.39. The van der Waals surface area contributed by atoms with Crippen molar-refractivity contribution in [2.24, 2.45) is 0 Å². The van der Waals surface area contributed by atoms with Crippen molar-refractivity contribution in [1.29, 1.82) is 0 Å². The average molecular weight is 330 g/mol. The molecule has 3 nitrogen and oxygen atoms in total. The summed E-state index contributed by atoms with van der Waals surface area (Å²) in [7, 11) is 0. The van der Waals surface area contributed by atoms with Crippen molar-refractivity contribution in [3.63, 3.8) is 0 Å². The molecule has 0 saturated carbocycles. The van der Waals surface area contributed by atoms with E-state index in [4.69, 9.17) is 0 Å². The number of alkyl halides is 9. The smallest absolute Gasteiger partial charge is 0.406 e. The van der Waals surface area contributed by atoms with Crippen molar-refractivity contribution in [2.75, 3.05) is 0 Å². The molecule has 21 heavy (non-hydrogen) atoms. The first-order chi connectivity index (χ1) is 9.23. The molecule has 0 N–H and O–H groups in total. The first-order valence-corrected chi connectivity index (χ1v) is 4.66. The standard InChI is InChI=1S/C9H3F9O3/c10-7(11,12)19-4-1-5(20-8(13,14)15)3-6(2-4)21-9(16,17)18/h1-3H. The van der Waals surface area contributed by atoms with E-state index >= 15 is 0 Å². The van der Waals surface area contributed by atoms with E-state index < -0.39 is 36.3 Å². The molecule has 0 atom stereocenters. The zero-order valence-corrected chi connectivity index (χ0v) is 9.36. The molecule has 1 aromatic carbocycles. The van der Waals surface area contributed by atoms with E-state index in [2.05, 4.69) is 14.2 Å². The summed E-state index contributed by atoms with van der Waals surface area (Å²) in [6.45, 7) is 0. The van der Waals surface area contributed by atoms with Gasteiger partial charge in [-0.3, -0.25) is 0 Å². The molecule has 1 aromatic rings. The molecule has 12 heteroatoms. The lowest BCUT2D eigenvalue weighted by molar-refractivity contribution is -0.278. The monoisotopic (exact) mass is 330 g/mol. The Balaban J connectivity index is 3.13. The van der Waals surface area contributed by atoms with Crippen LogP contribution in [-0.4, -0.2) is 19.1 Å². The maximum absolute atomic E-state index is 11.9. The number of benzene rings is 1. The second-order valence-corrected chi connectivity index (χ2v) is 3.28. The van der Waals surface area contributed by atoms with Crippen LogP contribution in [-0.2, 0) is 0 Å². The second-order valence-electron chi connectivity index (χ2n) is 3.28. The maximum atomic E-state index is 11.9. The summed E-state index contributed by atoms with van der Waals surface area (Å²) >= 11 is 0. The first kappa shape index (κ1) is 17.0. The molecule has 0 unspecified atom stereocenters. The van der Waals surface area contributed by atoms with Crippen LogP contribution in [0, 0.1) is 0 Å². The minimum atomic E-state index is -5.33. The molecule has 0 fully saturated rings. The highest BCUT2D eigenvalue weighted by molar-refractivity contribution is 5.42. The summed E-state index contributed by atoms with van der Waals surface area (Å²) < 4.78 is 117. The van der Waals surface area contributed by atoms with Gasteiger partial charge in [-0.05, 0) is 0 Å². The lowest BCUT2D eigenvalue weighted by atomic mass is 10.3. The number of hydrogen-bond acceptors (Lipinski definition) is 3. The van der Waals surface area contributed by atoms with Gasteiger partial charge in [-0.2, -0.15) is 0 Å². The normalized spacial score (nSPS) is 13.0. The molecule has 0 radical (unpaired) electrons. The van der Waals surface area contributed by atoms with Crippen molar-refractivity contribution in [1.82, 2.24) is 0 Å². The molecule has 0 heterocycles. The van der Waals surface area contributed by atoms with E-state index in [-0.39, 0.29) is 18.2 Å². The van der Waals surface area contributed by atoms with Crippen LogP contribution in [0.5, 0.6) is 17.2 Å². The van der Waals surface area contributed by atoms with Gasteiger partial charge >= 0.3 is 19.1 Å². The maximum Gasteiger partial charge on any atom is 0.573 e. The fraction of sp³-hybridized carbons (Fsp3) is 0.333. The Hall–Kier alpha value is -2.01. The fourth-order valence-electron chi connectivity index (χ4n) is 1.12. The van der Waals surface area contributed by atoms with Gasteiger partial charge in [-0.1, -0.05) is 0 Å². The highest BCUT2D eigenvalue weighted by atomic mass is 19.4. The topological polar surface area (TPSA) is 27.7 Å². The molecule has 120 valence electrons. The van der Waals surface area contributed by atoms with Crippen LogP contribution in [0.4, 0.5) is 39.5 Å². The third-order valence-corrected chi connectivity index (χ3v) is 1.55. The molecule has 0 aromatic heterocycles. The van der Waals surface area contributed by atoms with Crippen molar-refractivity contribution >= 4 is 0 Å². The summed E-state index contributed by atoms with van der Waals surface area (Å²) in [5, 5.41) is 0. The zero-order valence-electron chi connectivity index (χ0n) is 9.36. The van der Waals surface area contributed by atoms with Crippen molar-refractivity contribution in [3.8, 4) is 17.2 Å². The zero-order chi connectivity index (χ0) is 16.5. The van der Waals surface area contributed by atoms with Crippen molar-refractivity contribution in [2.45, 2.75) is 19.1 Å². The van der Waals surface area contributed by atoms with E-state index in [1.54, 1.807) is 0 Å². The molecule has 1 rings (SSSR count). The third kappa shape index (κ3) is 7.37. The quantitative estimate of drug-likeness (QED) is 0.770. The Labute approximate surface area is 109 Å². The lowest BCUT2D eigenvalue weighted by Crippen LogP contribution is -2.20. The fourth-order valence-corrected chi connectivity index (χ4v) is 1.12. The van der Waals surface area contributed by atoms with Gasteiger partial charge in [-0.25, -0.2) is 0 Å². The van der Waals surface area contributed by atoms with Crippen LogP contribution in [0.15, 0.2) is 18.2 Å². The Morgan fingerprint density at radius 1 is 0.476 bits per heavy atom. The van der Waals surface area contributed by atoms with Crippen LogP contribution in [0.3, 0.4) is 0 Å². The molecule has 0 amide bonds. The summed E-state index contributed by atoms with van der Waals surface area (Å²) in [4.78, 5) is 0. The van der Waals surface area contributed by atoms with Gasteiger partial charge < -0.3 is 14.2 Å². The molecule has 0 aliphatic carbocycles. The molecule has 0 spiro atoms. The minimum Gasteiger partial charge on any atom is -0.406 e. The van der Waals surface area contributed by atoms with Gasteiger partial charge in [0.15, 0.2) is 0 Å². The molecule has 0 aliphatic heterocycles. The Morgan fingerprint density at radius 2 is 0.667 bits per heavy atom. The number of rotatable bonds is 3. The number of ether oxygens (including phenoxy) is 3. The molecule has 0 saturated heterocycles. The van der Waals surface area contributed by atoms with Crippen molar-refractivity contribution in [3.05, 3.63) is 18.2 Å². The predicted octanol–water partition coefficient (Wildman–Crippen LogP) is 4.38. The van der Waals surface area contributed by atoms with Crippen LogP contribution >= 0.6 is 0 Å². The highest BCUT2D eigenvalue weighted by Crippen LogP contribution is 2.35. The third-order valence-electron chi connectivity index (χ3n) is 1.55. The molecule has 0 aliphatic rings. The average Bonchev–Trinajstić information content (AvgIpc) is 2.06. The van der Waals surface area contributed by atoms with E-state index in [1.807, 2.05) is 0 Å². The lowest BCUT2D eigenvalue weighted by Gasteiger charge is -2.15. The largest absolute Gasteiger partial charge is 0.573 e. The molecular weight excluding hydrogens is 327 g/mol. The van der Waals surface area contributed by atoms with Crippen LogP contribution in [0.25, 0.3) is 0 Å². The van der Waals surface area contributed by atoms with Gasteiger partial charge in [-0.15, -0.1) is 39.5 Å². The van der Waals surface area contributed by atoms with E-state index in [1.165, 1.54) is 0 Å². The minimum absolute atomic E-state index is 0.101. The van der Waals surface area contributed by atoms with Crippen molar-refractivity contribution < 1.29 is 53.7 Å². The number of hydrogen-bond donors (Lipinski definition) is 0. The van der Waals surface area contributed by atoms with Crippen LogP contribution in [0.1, 0.15) is 0 Å². The van der Waals surface area contributed by atoms with Gasteiger partial charge in [0.05, 0.1) is 0 Å². The van der Waals surface area contributed by atoms with Gasteiger partial charge in [0.25, 0.3) is 0 Å². The summed E-state index contributed by atoms with van der Waals surface area (Å²) in [6.07, 6.45) is -16.0. The second kappa shape index (κ2) is 5.41. The Bertz CT molecular complexity index is 405. The summed E-state index contributed by atoms with van der Waals surface area (Å²) in [5.41, 5.74) is 0. The molecule has 0 bridgehead atoms. The highest BCUT2D eigenvalue weighted by Gasteiger charge is 2.36. The van der Waals surface area contributed by atoms with E-state index in [0.29, 0.717) is 0 Å². The van der Waals surface area contributed by atoms with E-state index in [0.717, 1.165) is 0 Å². The van der Waals surface area contributed by atoms with E-state index in [9.17, 15) is 39.5 Å². The molecular formula is C9H3F9O3. The van der Waals surface area contributed by atoms with Gasteiger partial charge in [0.2, 0.25) is 0 Å². The SMILES string of the molecule is FC(F)(F)Oc1cc(OC(F)(F)F)cc(OC(F)(F)F)c1. The van der Waals surface area contributed by atoms with Crippen LogP contribution < -0.4 is 14.2 Å². The first-order valence-electron chi connectivity index (χ1n) is 4.66. The Morgan fingerprint density at radius 3 is 0.810 bits per heavy atom.